The van der Waals surface area contributed by atoms with Gasteiger partial charge >= 0.3 is 0 Å². The van der Waals surface area contributed by atoms with Crippen molar-refractivity contribution in [1.29, 1.82) is 0 Å². The number of aliphatic hydroxyl groups excluding tert-OH is 1. The number of nitrogens with zero attached hydrogens (tertiary/aromatic N) is 1. The zero-order valence-corrected chi connectivity index (χ0v) is 11.2. The van der Waals surface area contributed by atoms with Crippen LogP contribution in [0.15, 0.2) is 18.5 Å². The first-order valence-corrected chi connectivity index (χ1v) is 5.88. The zero-order chi connectivity index (χ0) is 13.1. The third-order valence-corrected chi connectivity index (χ3v) is 2.67. The second kappa shape index (κ2) is 5.87. The molecule has 1 aromatic rings. The summed E-state index contributed by atoms with van der Waals surface area (Å²) in [5, 5.41) is 12.0. The minimum Gasteiger partial charge on any atom is -0.388 e. The molecule has 0 spiro atoms. The summed E-state index contributed by atoms with van der Waals surface area (Å²) in [7, 11) is 0. The molecule has 1 rings (SSSR count). The van der Waals surface area contributed by atoms with Crippen LogP contribution in [0.2, 0.25) is 0 Å². The molecule has 0 radical (unpaired) electrons. The maximum absolute atomic E-state index is 11.5. The number of carbonyl (C=O) groups excluding carboxylic acids is 1. The maximum atomic E-state index is 11.5. The second-order valence-corrected chi connectivity index (χ2v) is 5.93. The normalized spacial score (nSPS) is 13.2. The van der Waals surface area contributed by atoms with E-state index in [2.05, 4.69) is 10.3 Å². The highest BCUT2D eigenvalue weighted by atomic mass is 35.6. The summed E-state index contributed by atoms with van der Waals surface area (Å²) in [6.07, 6.45) is 1.49. The van der Waals surface area contributed by atoms with Crippen LogP contribution in [-0.2, 0) is 4.79 Å². The number of hydrogen-bond donors (Lipinski definition) is 2. The number of anilines is 1. The molecule has 17 heavy (non-hydrogen) atoms. The highest BCUT2D eigenvalue weighted by molar-refractivity contribution is 6.68. The SMILES string of the molecule is Cc1cncc(NC(=O)CC(O)C(Cl)(Cl)Cl)c1. The number of hydrogen-bond acceptors (Lipinski definition) is 3. The summed E-state index contributed by atoms with van der Waals surface area (Å²) in [6, 6.07) is 1.74. The van der Waals surface area contributed by atoms with Gasteiger partial charge in [-0.3, -0.25) is 9.78 Å². The number of aryl methyl sites for hydroxylation is 1. The van der Waals surface area contributed by atoms with Crippen molar-refractivity contribution >= 4 is 46.4 Å². The largest absolute Gasteiger partial charge is 0.388 e. The number of aromatic nitrogens is 1. The Morgan fingerprint density at radius 1 is 1.53 bits per heavy atom. The first-order chi connectivity index (χ1) is 7.79. The third-order valence-electron chi connectivity index (χ3n) is 1.92. The van der Waals surface area contributed by atoms with Gasteiger partial charge in [0.15, 0.2) is 0 Å². The van der Waals surface area contributed by atoms with Crippen LogP contribution in [0.25, 0.3) is 0 Å². The minimum absolute atomic E-state index is 0.301. The molecule has 1 aromatic heterocycles. The van der Waals surface area contributed by atoms with Crippen molar-refractivity contribution in [2.75, 3.05) is 5.32 Å². The number of amides is 1. The van der Waals surface area contributed by atoms with Gasteiger partial charge < -0.3 is 10.4 Å². The second-order valence-electron chi connectivity index (χ2n) is 3.56. The van der Waals surface area contributed by atoms with Crippen molar-refractivity contribution in [1.82, 2.24) is 4.98 Å². The lowest BCUT2D eigenvalue weighted by Crippen LogP contribution is -2.30. The van der Waals surface area contributed by atoms with Crippen LogP contribution in [0, 0.1) is 6.92 Å². The quantitative estimate of drug-likeness (QED) is 0.842. The summed E-state index contributed by atoms with van der Waals surface area (Å²) < 4.78 is -1.87. The predicted molar refractivity (Wildman–Crippen MR) is 68.5 cm³/mol. The lowest BCUT2D eigenvalue weighted by Gasteiger charge is -2.18. The van der Waals surface area contributed by atoms with Crippen molar-refractivity contribution < 1.29 is 9.90 Å². The highest BCUT2D eigenvalue weighted by Crippen LogP contribution is 2.31. The number of alkyl halides is 3. The molecule has 2 N–H and O–H groups in total. The molecule has 1 atom stereocenters. The molecule has 0 saturated carbocycles. The minimum atomic E-state index is -1.87. The topological polar surface area (TPSA) is 62.2 Å². The molecule has 1 unspecified atom stereocenters. The highest BCUT2D eigenvalue weighted by Gasteiger charge is 2.32. The average Bonchev–Trinajstić information content (AvgIpc) is 2.15. The van der Waals surface area contributed by atoms with Gasteiger partial charge in [0, 0.05) is 6.20 Å². The average molecular weight is 298 g/mol. The van der Waals surface area contributed by atoms with Crippen molar-refractivity contribution in [3.8, 4) is 0 Å². The van der Waals surface area contributed by atoms with Gasteiger partial charge in [-0.2, -0.15) is 0 Å². The number of rotatable bonds is 3. The molecular weight excluding hydrogens is 286 g/mol. The molecule has 0 aliphatic carbocycles. The summed E-state index contributed by atoms with van der Waals surface area (Å²) in [6.45, 7) is 1.85. The van der Waals surface area contributed by atoms with E-state index in [-0.39, 0.29) is 6.42 Å². The van der Waals surface area contributed by atoms with Crippen LogP contribution in [0.3, 0.4) is 0 Å². The molecule has 0 fully saturated rings. The summed E-state index contributed by atoms with van der Waals surface area (Å²) in [5.74, 6) is -0.448. The smallest absolute Gasteiger partial charge is 0.227 e. The van der Waals surface area contributed by atoms with Crippen LogP contribution in [0.1, 0.15) is 12.0 Å². The van der Waals surface area contributed by atoms with Gasteiger partial charge in [-0.1, -0.05) is 34.8 Å². The van der Waals surface area contributed by atoms with Gasteiger partial charge in [-0.25, -0.2) is 0 Å². The van der Waals surface area contributed by atoms with E-state index in [1.807, 2.05) is 6.92 Å². The third kappa shape index (κ3) is 5.08. The van der Waals surface area contributed by atoms with E-state index >= 15 is 0 Å². The van der Waals surface area contributed by atoms with Crippen LogP contribution in [-0.4, -0.2) is 25.9 Å². The molecule has 0 aliphatic rings. The van der Waals surface area contributed by atoms with Crippen LogP contribution >= 0.6 is 34.8 Å². The van der Waals surface area contributed by atoms with E-state index in [9.17, 15) is 9.90 Å². The first-order valence-electron chi connectivity index (χ1n) is 4.75. The molecular formula is C10H11Cl3N2O2. The van der Waals surface area contributed by atoms with Gasteiger partial charge in [0.25, 0.3) is 0 Å². The lowest BCUT2D eigenvalue weighted by molar-refractivity contribution is -0.117. The molecule has 0 aromatic carbocycles. The molecule has 0 aliphatic heterocycles. The van der Waals surface area contributed by atoms with Crippen molar-refractivity contribution in [3.63, 3.8) is 0 Å². The summed E-state index contributed by atoms with van der Waals surface area (Å²) in [5.41, 5.74) is 1.44. The fourth-order valence-corrected chi connectivity index (χ4v) is 1.36. The van der Waals surface area contributed by atoms with E-state index in [4.69, 9.17) is 34.8 Å². The Hall–Kier alpha value is -0.550. The van der Waals surface area contributed by atoms with Crippen LogP contribution in [0.5, 0.6) is 0 Å². The fraction of sp³-hybridized carbons (Fsp3) is 0.400. The Labute approximate surface area is 114 Å². The molecule has 1 amide bonds. The predicted octanol–water partition coefficient (Wildman–Crippen LogP) is 2.45. The Morgan fingerprint density at radius 3 is 2.71 bits per heavy atom. The Morgan fingerprint density at radius 2 is 2.18 bits per heavy atom. The van der Waals surface area contributed by atoms with Gasteiger partial charge in [-0.05, 0) is 18.6 Å². The number of nitrogens with one attached hydrogen (secondary N) is 1. The fourth-order valence-electron chi connectivity index (χ4n) is 1.13. The Balaban J connectivity index is 2.56. The van der Waals surface area contributed by atoms with Crippen LogP contribution in [0.4, 0.5) is 5.69 Å². The number of pyridine rings is 1. The molecule has 0 bridgehead atoms. The van der Waals surface area contributed by atoms with Crippen molar-refractivity contribution in [2.45, 2.75) is 23.2 Å². The monoisotopic (exact) mass is 296 g/mol. The number of carbonyl (C=O) groups is 1. The first kappa shape index (κ1) is 14.5. The van der Waals surface area contributed by atoms with Gasteiger partial charge in [-0.15, -0.1) is 0 Å². The van der Waals surface area contributed by atoms with E-state index in [1.165, 1.54) is 6.20 Å². The van der Waals surface area contributed by atoms with E-state index in [1.54, 1.807) is 12.3 Å². The maximum Gasteiger partial charge on any atom is 0.227 e. The molecule has 0 saturated heterocycles. The van der Waals surface area contributed by atoms with Crippen molar-refractivity contribution in [2.24, 2.45) is 0 Å². The number of aliphatic hydroxyl groups is 1. The number of halogens is 3. The van der Waals surface area contributed by atoms with E-state index < -0.39 is 15.8 Å². The van der Waals surface area contributed by atoms with Gasteiger partial charge in [0.2, 0.25) is 9.70 Å². The molecule has 4 nitrogen and oxygen atoms in total. The zero-order valence-electron chi connectivity index (χ0n) is 8.95. The lowest BCUT2D eigenvalue weighted by atomic mass is 10.2. The van der Waals surface area contributed by atoms with Gasteiger partial charge in [0.1, 0.15) is 6.10 Å². The van der Waals surface area contributed by atoms with Crippen molar-refractivity contribution in [3.05, 3.63) is 24.0 Å². The standard InChI is InChI=1S/C10H11Cl3N2O2/c1-6-2-7(5-14-4-6)15-9(17)3-8(16)10(11,12)13/h2,4-5,8,16H,3H2,1H3,(H,15,17). The Bertz CT molecular complexity index is 407. The molecule has 1 heterocycles. The van der Waals surface area contributed by atoms with Crippen LogP contribution < -0.4 is 5.32 Å². The molecule has 7 heteroatoms. The molecule has 94 valence electrons. The van der Waals surface area contributed by atoms with Gasteiger partial charge in [0.05, 0.1) is 18.3 Å². The Kier molecular flexibility index (Phi) is 5.01. The summed E-state index contributed by atoms with van der Waals surface area (Å²) >= 11 is 16.3. The van der Waals surface area contributed by atoms with E-state index in [0.717, 1.165) is 5.56 Å². The summed E-state index contributed by atoms with van der Waals surface area (Å²) in [4.78, 5) is 15.4. The van der Waals surface area contributed by atoms with E-state index in [0.29, 0.717) is 5.69 Å².